The Morgan fingerprint density at radius 2 is 1.88 bits per heavy atom. The maximum Gasteiger partial charge on any atom is 0.354 e. The standard InChI is InChI=1S/C12H9NO4/c1-6-3-2-4-8-10(6)7(11(14)15)5-9(13-8)12(16)17/h2-5H,1H3,(H,14,15)(H,16,17). The van der Waals surface area contributed by atoms with Crippen molar-refractivity contribution in [2.75, 3.05) is 0 Å². The molecule has 0 atom stereocenters. The third kappa shape index (κ3) is 1.82. The van der Waals surface area contributed by atoms with E-state index in [-0.39, 0.29) is 11.3 Å². The van der Waals surface area contributed by atoms with Crippen molar-refractivity contribution in [1.29, 1.82) is 0 Å². The average molecular weight is 231 g/mol. The third-order valence-corrected chi connectivity index (χ3v) is 2.49. The number of aromatic carboxylic acids is 2. The molecule has 86 valence electrons. The highest BCUT2D eigenvalue weighted by molar-refractivity contribution is 6.06. The number of hydrogen-bond acceptors (Lipinski definition) is 3. The quantitative estimate of drug-likeness (QED) is 0.824. The highest BCUT2D eigenvalue weighted by Crippen LogP contribution is 2.22. The van der Waals surface area contributed by atoms with Crippen LogP contribution in [0.1, 0.15) is 26.4 Å². The first kappa shape index (κ1) is 11.1. The van der Waals surface area contributed by atoms with Gasteiger partial charge in [0.1, 0.15) is 5.69 Å². The molecular weight excluding hydrogens is 222 g/mol. The van der Waals surface area contributed by atoms with E-state index in [9.17, 15) is 9.59 Å². The third-order valence-electron chi connectivity index (χ3n) is 2.49. The first-order valence-electron chi connectivity index (χ1n) is 4.87. The zero-order valence-electron chi connectivity index (χ0n) is 8.97. The number of benzene rings is 1. The van der Waals surface area contributed by atoms with Gasteiger partial charge in [-0.2, -0.15) is 0 Å². The Morgan fingerprint density at radius 3 is 2.47 bits per heavy atom. The van der Waals surface area contributed by atoms with Crippen molar-refractivity contribution in [3.8, 4) is 0 Å². The molecule has 0 spiro atoms. The number of nitrogens with zero attached hydrogens (tertiary/aromatic N) is 1. The molecule has 1 aromatic carbocycles. The van der Waals surface area contributed by atoms with E-state index in [0.29, 0.717) is 10.9 Å². The van der Waals surface area contributed by atoms with Crippen LogP contribution < -0.4 is 0 Å². The summed E-state index contributed by atoms with van der Waals surface area (Å²) in [5.41, 5.74) is 0.831. The molecule has 1 aromatic heterocycles. The molecule has 0 fully saturated rings. The number of carboxylic acids is 2. The summed E-state index contributed by atoms with van der Waals surface area (Å²) in [5, 5.41) is 18.4. The summed E-state index contributed by atoms with van der Waals surface area (Å²) in [6, 6.07) is 6.15. The second kappa shape index (κ2) is 3.86. The lowest BCUT2D eigenvalue weighted by atomic mass is 10.0. The van der Waals surface area contributed by atoms with Gasteiger partial charge in [-0.1, -0.05) is 12.1 Å². The number of carboxylic acid groups (broad SMARTS) is 2. The van der Waals surface area contributed by atoms with Gasteiger partial charge in [-0.15, -0.1) is 0 Å². The maximum absolute atomic E-state index is 11.1. The predicted octanol–water partition coefficient (Wildman–Crippen LogP) is 1.94. The van der Waals surface area contributed by atoms with Crippen molar-refractivity contribution in [3.05, 3.63) is 41.1 Å². The van der Waals surface area contributed by atoms with Gasteiger partial charge >= 0.3 is 11.9 Å². The van der Waals surface area contributed by atoms with Crippen molar-refractivity contribution in [2.45, 2.75) is 6.92 Å². The molecule has 5 heteroatoms. The summed E-state index contributed by atoms with van der Waals surface area (Å²) < 4.78 is 0. The van der Waals surface area contributed by atoms with E-state index >= 15 is 0 Å². The van der Waals surface area contributed by atoms with Crippen molar-refractivity contribution in [3.63, 3.8) is 0 Å². The fourth-order valence-corrected chi connectivity index (χ4v) is 1.75. The number of carbonyl (C=O) groups is 2. The van der Waals surface area contributed by atoms with Gasteiger partial charge in [0.25, 0.3) is 0 Å². The van der Waals surface area contributed by atoms with Gasteiger partial charge < -0.3 is 10.2 Å². The summed E-state index contributed by atoms with van der Waals surface area (Å²) in [6.45, 7) is 1.76. The molecule has 1 heterocycles. The molecule has 0 bridgehead atoms. The summed E-state index contributed by atoms with van der Waals surface area (Å²) >= 11 is 0. The predicted molar refractivity (Wildman–Crippen MR) is 60.4 cm³/mol. The first-order valence-corrected chi connectivity index (χ1v) is 4.87. The van der Waals surface area contributed by atoms with Gasteiger partial charge in [0, 0.05) is 5.39 Å². The normalized spacial score (nSPS) is 10.4. The van der Waals surface area contributed by atoms with Crippen LogP contribution >= 0.6 is 0 Å². The monoisotopic (exact) mass is 231 g/mol. The Labute approximate surface area is 96.3 Å². The molecule has 0 aliphatic rings. The number of hydrogen-bond donors (Lipinski definition) is 2. The van der Waals surface area contributed by atoms with Crippen LogP contribution in [-0.2, 0) is 0 Å². The van der Waals surface area contributed by atoms with Gasteiger partial charge in [0.2, 0.25) is 0 Å². The summed E-state index contributed by atoms with van der Waals surface area (Å²) in [4.78, 5) is 25.9. The van der Waals surface area contributed by atoms with Crippen LogP contribution in [0.3, 0.4) is 0 Å². The lowest BCUT2D eigenvalue weighted by Crippen LogP contribution is -2.06. The van der Waals surface area contributed by atoms with E-state index in [2.05, 4.69) is 4.98 Å². The topological polar surface area (TPSA) is 87.5 Å². The van der Waals surface area contributed by atoms with E-state index in [4.69, 9.17) is 10.2 Å². The highest BCUT2D eigenvalue weighted by Gasteiger charge is 2.16. The molecule has 0 saturated heterocycles. The molecule has 2 aromatic rings. The second-order valence-electron chi connectivity index (χ2n) is 3.63. The van der Waals surface area contributed by atoms with E-state index in [0.717, 1.165) is 11.6 Å². The Bertz CT molecular complexity index is 634. The van der Waals surface area contributed by atoms with Crippen molar-refractivity contribution in [1.82, 2.24) is 4.98 Å². The molecule has 0 aliphatic carbocycles. The van der Waals surface area contributed by atoms with Gasteiger partial charge in [-0.05, 0) is 24.6 Å². The number of aromatic nitrogens is 1. The minimum Gasteiger partial charge on any atom is -0.478 e. The number of aryl methyl sites for hydroxylation is 1. The summed E-state index contributed by atoms with van der Waals surface area (Å²) in [5.74, 6) is -2.40. The lowest BCUT2D eigenvalue weighted by molar-refractivity contribution is 0.0691. The van der Waals surface area contributed by atoms with Gasteiger partial charge in [0.15, 0.2) is 0 Å². The zero-order valence-corrected chi connectivity index (χ0v) is 8.97. The largest absolute Gasteiger partial charge is 0.478 e. The van der Waals surface area contributed by atoms with Gasteiger partial charge in [-0.25, -0.2) is 14.6 Å². The zero-order chi connectivity index (χ0) is 12.6. The molecule has 0 unspecified atom stereocenters. The van der Waals surface area contributed by atoms with E-state index < -0.39 is 11.9 Å². The van der Waals surface area contributed by atoms with Crippen LogP contribution in [0.25, 0.3) is 10.9 Å². The maximum atomic E-state index is 11.1. The molecule has 17 heavy (non-hydrogen) atoms. The lowest BCUT2D eigenvalue weighted by Gasteiger charge is -2.06. The first-order chi connectivity index (χ1) is 8.00. The van der Waals surface area contributed by atoms with Gasteiger partial charge in [0.05, 0.1) is 11.1 Å². The smallest absolute Gasteiger partial charge is 0.354 e. The van der Waals surface area contributed by atoms with E-state index in [1.54, 1.807) is 25.1 Å². The second-order valence-corrected chi connectivity index (χ2v) is 3.63. The van der Waals surface area contributed by atoms with E-state index in [1.165, 1.54) is 0 Å². The molecule has 2 rings (SSSR count). The molecule has 5 nitrogen and oxygen atoms in total. The number of rotatable bonds is 2. The van der Waals surface area contributed by atoms with Crippen LogP contribution in [0.4, 0.5) is 0 Å². The van der Waals surface area contributed by atoms with Crippen molar-refractivity contribution < 1.29 is 19.8 Å². The fraction of sp³-hybridized carbons (Fsp3) is 0.0833. The van der Waals surface area contributed by atoms with Crippen LogP contribution in [0.2, 0.25) is 0 Å². The van der Waals surface area contributed by atoms with Crippen LogP contribution in [0.5, 0.6) is 0 Å². The number of fused-ring (bicyclic) bond motifs is 1. The minimum absolute atomic E-state index is 0.0366. The Balaban J connectivity index is 2.91. The Morgan fingerprint density at radius 1 is 1.18 bits per heavy atom. The fourth-order valence-electron chi connectivity index (χ4n) is 1.75. The number of pyridine rings is 1. The molecule has 0 amide bonds. The minimum atomic E-state index is -1.24. The SMILES string of the molecule is Cc1cccc2nc(C(=O)O)cc(C(=O)O)c12. The summed E-state index contributed by atoms with van der Waals surface area (Å²) in [7, 11) is 0. The molecule has 0 saturated carbocycles. The Hall–Kier alpha value is -2.43. The molecule has 0 aliphatic heterocycles. The summed E-state index contributed by atoms with van der Waals surface area (Å²) in [6.07, 6.45) is 0. The molecule has 0 radical (unpaired) electrons. The molecular formula is C12H9NO4. The van der Waals surface area contributed by atoms with Crippen LogP contribution in [0.15, 0.2) is 24.3 Å². The van der Waals surface area contributed by atoms with E-state index in [1.807, 2.05) is 0 Å². The van der Waals surface area contributed by atoms with Crippen LogP contribution in [-0.4, -0.2) is 27.1 Å². The van der Waals surface area contributed by atoms with Crippen molar-refractivity contribution >= 4 is 22.8 Å². The van der Waals surface area contributed by atoms with Crippen LogP contribution in [0, 0.1) is 6.92 Å². The average Bonchev–Trinajstić information content (AvgIpc) is 2.27. The molecule has 2 N–H and O–H groups in total. The highest BCUT2D eigenvalue weighted by atomic mass is 16.4. The Kier molecular flexibility index (Phi) is 2.51. The van der Waals surface area contributed by atoms with Gasteiger partial charge in [-0.3, -0.25) is 0 Å². The van der Waals surface area contributed by atoms with Crippen molar-refractivity contribution in [2.24, 2.45) is 0 Å².